The Balaban J connectivity index is 1.98. The zero-order chi connectivity index (χ0) is 15.5. The van der Waals surface area contributed by atoms with Crippen molar-refractivity contribution in [3.8, 4) is 29.0 Å². The van der Waals surface area contributed by atoms with Gasteiger partial charge in [0.15, 0.2) is 5.69 Å². The van der Waals surface area contributed by atoms with Crippen molar-refractivity contribution in [1.29, 1.82) is 5.26 Å². The molecular formula is C15H6FN5O. The molecule has 0 aliphatic heterocycles. The summed E-state index contributed by atoms with van der Waals surface area (Å²) >= 11 is 0. The molecule has 2 aromatic heterocycles. The van der Waals surface area contributed by atoms with Gasteiger partial charge in [-0.1, -0.05) is 5.16 Å². The van der Waals surface area contributed by atoms with Crippen LogP contribution in [0.4, 0.5) is 10.1 Å². The monoisotopic (exact) mass is 291 g/mol. The molecule has 7 heteroatoms. The van der Waals surface area contributed by atoms with Crippen LogP contribution in [-0.2, 0) is 0 Å². The van der Waals surface area contributed by atoms with E-state index in [0.717, 1.165) is 6.07 Å². The van der Waals surface area contributed by atoms with Gasteiger partial charge in [0.05, 0.1) is 12.1 Å². The zero-order valence-electron chi connectivity index (χ0n) is 11.0. The number of pyridine rings is 1. The molecule has 0 atom stereocenters. The number of hydrogen-bond acceptors (Lipinski definition) is 5. The van der Waals surface area contributed by atoms with E-state index in [1.54, 1.807) is 12.1 Å². The summed E-state index contributed by atoms with van der Waals surface area (Å²) in [6.07, 6.45) is 1.39. The molecule has 0 saturated carbocycles. The summed E-state index contributed by atoms with van der Waals surface area (Å²) in [4.78, 5) is 11.4. The molecule has 0 aliphatic carbocycles. The molecule has 0 aliphatic rings. The average Bonchev–Trinajstić information content (AvgIpc) is 3.04. The van der Waals surface area contributed by atoms with E-state index in [4.69, 9.17) is 16.4 Å². The highest BCUT2D eigenvalue weighted by atomic mass is 19.1. The van der Waals surface area contributed by atoms with Gasteiger partial charge in [-0.25, -0.2) is 9.24 Å². The van der Waals surface area contributed by atoms with E-state index in [2.05, 4.69) is 20.0 Å². The lowest BCUT2D eigenvalue weighted by atomic mass is 10.2. The molecule has 6 nitrogen and oxygen atoms in total. The highest BCUT2D eigenvalue weighted by Crippen LogP contribution is 2.26. The van der Waals surface area contributed by atoms with Crippen molar-refractivity contribution in [3.63, 3.8) is 0 Å². The average molecular weight is 291 g/mol. The van der Waals surface area contributed by atoms with E-state index in [1.807, 2.05) is 6.07 Å². The van der Waals surface area contributed by atoms with E-state index in [9.17, 15) is 4.39 Å². The van der Waals surface area contributed by atoms with E-state index in [-0.39, 0.29) is 17.4 Å². The van der Waals surface area contributed by atoms with Gasteiger partial charge >= 0.3 is 0 Å². The minimum absolute atomic E-state index is 0.0885. The fraction of sp³-hybridized carbons (Fsp3) is 0. The maximum Gasteiger partial charge on any atom is 0.257 e. The Labute approximate surface area is 124 Å². The molecule has 1 aromatic carbocycles. The third kappa shape index (κ3) is 2.51. The smallest absolute Gasteiger partial charge is 0.257 e. The first-order chi connectivity index (χ1) is 10.7. The van der Waals surface area contributed by atoms with Gasteiger partial charge in [0.2, 0.25) is 5.82 Å². The topological polar surface area (TPSA) is 80.0 Å². The van der Waals surface area contributed by atoms with Crippen LogP contribution in [0.25, 0.3) is 27.8 Å². The number of halogens is 1. The molecule has 0 spiro atoms. The summed E-state index contributed by atoms with van der Waals surface area (Å²) in [7, 11) is 0. The Kier molecular flexibility index (Phi) is 3.31. The third-order valence-corrected chi connectivity index (χ3v) is 2.81. The van der Waals surface area contributed by atoms with Crippen molar-refractivity contribution in [3.05, 3.63) is 59.3 Å². The van der Waals surface area contributed by atoms with Crippen molar-refractivity contribution in [2.24, 2.45) is 0 Å². The van der Waals surface area contributed by atoms with Gasteiger partial charge in [0.25, 0.3) is 5.89 Å². The lowest BCUT2D eigenvalue weighted by Gasteiger charge is -1.96. The molecule has 0 N–H and O–H groups in total. The molecule has 3 aromatic rings. The molecule has 0 bridgehead atoms. The molecular weight excluding hydrogens is 285 g/mol. The van der Waals surface area contributed by atoms with Gasteiger partial charge in [-0.2, -0.15) is 10.2 Å². The van der Waals surface area contributed by atoms with Crippen molar-refractivity contribution >= 4 is 5.69 Å². The minimum atomic E-state index is -0.556. The molecule has 3 rings (SSSR count). The van der Waals surface area contributed by atoms with Crippen LogP contribution in [0.15, 0.2) is 41.1 Å². The van der Waals surface area contributed by atoms with Gasteiger partial charge in [0, 0.05) is 11.8 Å². The van der Waals surface area contributed by atoms with Crippen LogP contribution < -0.4 is 0 Å². The van der Waals surface area contributed by atoms with Crippen LogP contribution in [0.5, 0.6) is 0 Å². The summed E-state index contributed by atoms with van der Waals surface area (Å²) in [5.41, 5.74) is 1.31. The van der Waals surface area contributed by atoms with Crippen LogP contribution in [0.1, 0.15) is 5.56 Å². The summed E-state index contributed by atoms with van der Waals surface area (Å²) in [6, 6.07) is 8.91. The molecule has 0 saturated heterocycles. The Hall–Kier alpha value is -3.58. The van der Waals surface area contributed by atoms with Crippen molar-refractivity contribution in [1.82, 2.24) is 15.1 Å². The molecule has 2 heterocycles. The second-order valence-electron chi connectivity index (χ2n) is 4.28. The Morgan fingerprint density at radius 1 is 1.27 bits per heavy atom. The summed E-state index contributed by atoms with van der Waals surface area (Å²) in [5, 5.41) is 12.5. The van der Waals surface area contributed by atoms with E-state index >= 15 is 0 Å². The fourth-order valence-corrected chi connectivity index (χ4v) is 1.80. The number of aromatic nitrogens is 3. The first-order valence-corrected chi connectivity index (χ1v) is 6.08. The zero-order valence-corrected chi connectivity index (χ0v) is 11.0. The van der Waals surface area contributed by atoms with Crippen LogP contribution in [0, 0.1) is 23.7 Å². The number of rotatable bonds is 2. The lowest BCUT2D eigenvalue weighted by molar-refractivity contribution is 0.432. The molecule has 104 valence electrons. The standard InChI is InChI=1S/C15H6FN5O/c1-18-12-5-10(4-11(16)6-12)15-20-14(21-22-15)13-3-2-9(7-17)8-19-13/h2-6,8H. The Bertz CT molecular complexity index is 918. The molecule has 0 amide bonds. The van der Waals surface area contributed by atoms with Crippen LogP contribution >= 0.6 is 0 Å². The van der Waals surface area contributed by atoms with Gasteiger partial charge in [-0.05, 0) is 30.3 Å². The fourth-order valence-electron chi connectivity index (χ4n) is 1.80. The van der Waals surface area contributed by atoms with Crippen LogP contribution in [-0.4, -0.2) is 15.1 Å². The lowest BCUT2D eigenvalue weighted by Crippen LogP contribution is -1.87. The van der Waals surface area contributed by atoms with Gasteiger partial charge in [-0.3, -0.25) is 4.98 Å². The van der Waals surface area contributed by atoms with Gasteiger partial charge < -0.3 is 4.52 Å². The predicted molar refractivity (Wildman–Crippen MR) is 73.9 cm³/mol. The third-order valence-electron chi connectivity index (χ3n) is 2.81. The number of nitrogens with zero attached hydrogens (tertiary/aromatic N) is 5. The second-order valence-corrected chi connectivity index (χ2v) is 4.28. The number of nitriles is 1. The normalized spacial score (nSPS) is 9.95. The quantitative estimate of drug-likeness (QED) is 0.676. The van der Waals surface area contributed by atoms with E-state index in [0.29, 0.717) is 16.8 Å². The highest BCUT2D eigenvalue weighted by Gasteiger charge is 2.13. The summed E-state index contributed by atoms with van der Waals surface area (Å²) in [5.74, 6) is -0.251. The molecule has 22 heavy (non-hydrogen) atoms. The van der Waals surface area contributed by atoms with Gasteiger partial charge in [-0.15, -0.1) is 0 Å². The van der Waals surface area contributed by atoms with Crippen LogP contribution in [0.2, 0.25) is 0 Å². The molecule has 0 unspecified atom stereocenters. The largest absolute Gasteiger partial charge is 0.334 e. The van der Waals surface area contributed by atoms with E-state index < -0.39 is 5.82 Å². The van der Waals surface area contributed by atoms with E-state index in [1.165, 1.54) is 18.3 Å². The van der Waals surface area contributed by atoms with Crippen LogP contribution in [0.3, 0.4) is 0 Å². The Morgan fingerprint density at radius 2 is 2.14 bits per heavy atom. The minimum Gasteiger partial charge on any atom is -0.334 e. The van der Waals surface area contributed by atoms with Crippen molar-refractivity contribution in [2.45, 2.75) is 0 Å². The molecule has 0 radical (unpaired) electrons. The first-order valence-electron chi connectivity index (χ1n) is 6.08. The SMILES string of the molecule is [C-]#[N+]c1cc(F)cc(-c2nc(-c3ccc(C#N)cn3)no2)c1. The summed E-state index contributed by atoms with van der Waals surface area (Å²) in [6.45, 7) is 6.93. The molecule has 0 fully saturated rings. The summed E-state index contributed by atoms with van der Waals surface area (Å²) < 4.78 is 18.5. The highest BCUT2D eigenvalue weighted by molar-refractivity contribution is 5.63. The number of benzene rings is 1. The predicted octanol–water partition coefficient (Wildman–Crippen LogP) is 3.36. The Morgan fingerprint density at radius 3 is 2.82 bits per heavy atom. The first kappa shape index (κ1) is 13.4. The van der Waals surface area contributed by atoms with Crippen molar-refractivity contribution < 1.29 is 8.91 Å². The second kappa shape index (κ2) is 5.43. The maximum atomic E-state index is 13.4. The van der Waals surface area contributed by atoms with Crippen molar-refractivity contribution in [2.75, 3.05) is 0 Å². The van der Waals surface area contributed by atoms with Gasteiger partial charge in [0.1, 0.15) is 17.6 Å². The number of hydrogen-bond donors (Lipinski definition) is 0. The maximum absolute atomic E-state index is 13.4.